The molecule has 0 spiro atoms. The van der Waals surface area contributed by atoms with E-state index in [-0.39, 0.29) is 5.82 Å². The molecular weight excluding hydrogens is 1590 g/mol. The van der Waals surface area contributed by atoms with Crippen molar-refractivity contribution in [1.82, 2.24) is 26.3 Å². The molecule has 0 unspecified atom stereocenters. The second-order valence-electron chi connectivity index (χ2n) is 29.4. The van der Waals surface area contributed by atoms with E-state index in [4.69, 9.17) is 75.8 Å². The molecule has 50 heteroatoms. The largest absolute Gasteiger partial charge is 0.394 e. The van der Waals surface area contributed by atoms with E-state index in [0.29, 0.717) is 0 Å². The third kappa shape index (κ3) is 22.6. The molecule has 9 heterocycles. The highest BCUT2D eigenvalue weighted by atomic mass is 16.8. The predicted octanol–water partition coefficient (Wildman–Crippen LogP) is -17.9. The number of rotatable bonds is 34. The maximum absolute atomic E-state index is 13.3. The molecule has 117 heavy (non-hydrogen) atoms. The van der Waals surface area contributed by atoms with Crippen LogP contribution in [-0.2, 0) is 95.0 Å². The fourth-order valence-electron chi connectivity index (χ4n) is 14.6. The van der Waals surface area contributed by atoms with Gasteiger partial charge in [0, 0.05) is 40.4 Å². The second-order valence-corrected chi connectivity index (χ2v) is 29.4. The van der Waals surface area contributed by atoms with Crippen LogP contribution < -0.4 is 26.6 Å². The van der Waals surface area contributed by atoms with Crippen LogP contribution in [0, 0.1) is 0 Å². The molecule has 0 saturated carbocycles. The number of nitrogens with zero attached hydrogens (tertiary/aromatic N) is 1. The minimum atomic E-state index is -2.59. The summed E-state index contributed by atoms with van der Waals surface area (Å²) in [6.07, 6.45) is -81.3. The van der Waals surface area contributed by atoms with Crippen LogP contribution in [0.2, 0.25) is 0 Å². The summed E-state index contributed by atoms with van der Waals surface area (Å²) in [6.45, 7) is -3.95. The van der Waals surface area contributed by atoms with Gasteiger partial charge in [-0.25, -0.2) is 4.98 Å². The van der Waals surface area contributed by atoms with Gasteiger partial charge in [-0.1, -0.05) is 6.07 Å². The van der Waals surface area contributed by atoms with Crippen molar-refractivity contribution in [2.75, 3.05) is 64.7 Å². The Labute approximate surface area is 665 Å². The first kappa shape index (κ1) is 96.1. The molecule has 8 saturated heterocycles. The van der Waals surface area contributed by atoms with Crippen molar-refractivity contribution in [3.05, 3.63) is 24.4 Å². The highest BCUT2D eigenvalue weighted by Crippen LogP contribution is 2.39. The van der Waals surface area contributed by atoms with Crippen molar-refractivity contribution in [1.29, 1.82) is 0 Å². The average molecular weight is 1700 g/mol. The van der Waals surface area contributed by atoms with Crippen LogP contribution in [0.5, 0.6) is 0 Å². The van der Waals surface area contributed by atoms with Crippen molar-refractivity contribution in [2.45, 2.75) is 304 Å². The van der Waals surface area contributed by atoms with E-state index in [1.807, 2.05) is 0 Å². The molecule has 0 aromatic carbocycles. The van der Waals surface area contributed by atoms with Gasteiger partial charge in [0.05, 0.1) is 65.0 Å². The summed E-state index contributed by atoms with van der Waals surface area (Å²) in [5.41, 5.74) is 0. The minimum absolute atomic E-state index is 0.208. The lowest BCUT2D eigenvalue weighted by Crippen LogP contribution is -2.70. The third-order valence-electron chi connectivity index (χ3n) is 20.9. The van der Waals surface area contributed by atoms with Crippen LogP contribution in [0.25, 0.3) is 0 Å². The van der Waals surface area contributed by atoms with Crippen LogP contribution in [0.1, 0.15) is 34.6 Å². The molecule has 8 aliphatic heterocycles. The van der Waals surface area contributed by atoms with E-state index in [2.05, 4.69) is 31.6 Å². The quantitative estimate of drug-likeness (QED) is 0.0305. The van der Waals surface area contributed by atoms with Gasteiger partial charge in [-0.3, -0.25) is 19.2 Å². The summed E-state index contributed by atoms with van der Waals surface area (Å²) < 4.78 is 95.5. The fourth-order valence-corrected chi connectivity index (χ4v) is 14.6. The molecule has 8 fully saturated rings. The van der Waals surface area contributed by atoms with E-state index >= 15 is 0 Å². The molecule has 1 aromatic rings. The molecule has 44 atom stereocenters. The maximum Gasteiger partial charge on any atom is 0.217 e. The monoisotopic (exact) mass is 1700 g/mol. The Morgan fingerprint density at radius 3 is 1.31 bits per heavy atom. The topological polar surface area (TPSA) is 775 Å². The van der Waals surface area contributed by atoms with Gasteiger partial charge in [0.1, 0.15) is 213 Å². The first-order chi connectivity index (χ1) is 55.4. The van der Waals surface area contributed by atoms with Gasteiger partial charge in [-0.15, -0.1) is 0 Å². The van der Waals surface area contributed by atoms with Crippen LogP contribution in [0.4, 0.5) is 5.82 Å². The number of aliphatic hydroxyl groups is 24. The number of pyridine rings is 1. The number of nitrogens with one attached hydrogen (secondary N) is 5. The standard InChI is InChI=1S/C67H110N6O44/c1-19-37(85)47(95)51(99)63(104-19)102-17-25(84)54(38(86)24(70-20(2)80)10-69-33-8-6-7-9-68-33)112-61-35(72-22(4)82)45(93)56(31(16-79)109-61)114-65-53(101)57(43(91)32(111-65)18-103-66-58(49(97)41(89)28(13-76)107-66)116-60-34(71-21(3)81)44(92)39(87)26(11-74)105-60)115-67-59(50(98)42(90)29(14-77)108-67)117-62-36(73-23(5)83)46(94)55(30(15-78)110-62)113-64-52(100)48(96)40(88)27(12-75)106-64/h6-9,19,24-32,34-67,74-79,84-101H,10-18H2,1-5H3,(H,68,69)(H,70,80)(H,71,81)(H,72,82)(H,73,83)/t19-,24-,25+,26+,27+,28+,29+,30+,31+,32+,34+,35+,36+,37+,38+,39+,40-,41+,42+,43+,44+,45+,46+,47+,48-,49-,50-,51-,52+,53-,54+,55+,56+,57-,58-,59-,60-,61-,62-,63+,64-,65-,66-,67+/m0/s1. The molecule has 0 aliphatic carbocycles. The number of aliphatic hydroxyl groups excluding tert-OH is 24. The zero-order valence-electron chi connectivity index (χ0n) is 63.4. The molecule has 50 nitrogen and oxygen atoms in total. The van der Waals surface area contributed by atoms with Crippen LogP contribution in [0.15, 0.2) is 24.4 Å². The lowest BCUT2D eigenvalue weighted by molar-refractivity contribution is -0.398. The summed E-state index contributed by atoms with van der Waals surface area (Å²) in [7, 11) is 0. The number of carbonyl (C=O) groups excluding carboxylic acids is 4. The van der Waals surface area contributed by atoms with Gasteiger partial charge in [0.15, 0.2) is 50.3 Å². The molecule has 4 amide bonds. The number of anilines is 1. The number of aromatic nitrogens is 1. The molecule has 0 radical (unpaired) electrons. The van der Waals surface area contributed by atoms with Crippen molar-refractivity contribution in [3.63, 3.8) is 0 Å². The first-order valence-corrected chi connectivity index (χ1v) is 37.5. The summed E-state index contributed by atoms with van der Waals surface area (Å²) >= 11 is 0. The Morgan fingerprint density at radius 2 is 0.803 bits per heavy atom. The summed E-state index contributed by atoms with van der Waals surface area (Å²) in [5.74, 6) is -3.35. The van der Waals surface area contributed by atoms with Gasteiger partial charge in [-0.2, -0.15) is 0 Å². The smallest absolute Gasteiger partial charge is 0.217 e. The number of hydrogen-bond acceptors (Lipinski definition) is 46. The van der Waals surface area contributed by atoms with E-state index in [1.54, 1.807) is 12.1 Å². The lowest BCUT2D eigenvalue weighted by atomic mass is 9.94. The summed E-state index contributed by atoms with van der Waals surface area (Å²) in [4.78, 5) is 55.8. The first-order valence-electron chi connectivity index (χ1n) is 37.5. The van der Waals surface area contributed by atoms with Crippen molar-refractivity contribution >= 4 is 29.4 Å². The zero-order valence-corrected chi connectivity index (χ0v) is 63.4. The van der Waals surface area contributed by atoms with E-state index in [9.17, 15) is 142 Å². The fraction of sp³-hybridized carbons (Fsp3) is 0.866. The van der Waals surface area contributed by atoms with Crippen molar-refractivity contribution in [3.8, 4) is 0 Å². The van der Waals surface area contributed by atoms with E-state index in [1.165, 1.54) is 19.2 Å². The molecule has 0 bridgehead atoms. The summed E-state index contributed by atoms with van der Waals surface area (Å²) in [5, 5.41) is 282. The number of ether oxygens (including phenoxy) is 16. The highest BCUT2D eigenvalue weighted by molar-refractivity contribution is 5.74. The minimum Gasteiger partial charge on any atom is -0.394 e. The molecule has 29 N–H and O–H groups in total. The van der Waals surface area contributed by atoms with Gasteiger partial charge >= 0.3 is 0 Å². The zero-order chi connectivity index (χ0) is 86.0. The highest BCUT2D eigenvalue weighted by Gasteiger charge is 2.60. The van der Waals surface area contributed by atoms with E-state index in [0.717, 1.165) is 27.7 Å². The Bertz CT molecular complexity index is 3240. The molecule has 9 rings (SSSR count). The SMILES string of the molecule is CC(=O)N[C@H]1[C@H](O[C@@H]([C@H](O)[C@H](CNc2ccccn2)NC(C)=O)[C@H](O)CO[C@@H]2O[C@@H](C)[C@@H](O)[C@@H](O)[C@@H]2O)O[C@H](CO)[C@@H](O[C@@H]2O[C@H](CO[C@H]3O[C@H](CO)[C@@H](O)[C@H](O)[C@@H]3O[C@@H]3O[C@H](CO)[C@@H](O)[C@H](O)[C@H]3NC(C)=O)[C@@H](O)[C@H](O[C@H]3O[C@H](CO)[C@@H](O)[C@H](O)[C@@H]3O[C@@H]3O[C@H](CO)[C@@H](O[C@@H]4O[C@H](CO)[C@H](O)[C@H](O)[C@H]4O)[C@H](O)[C@H]3NC(C)=O)[C@@H]2O)[C@@H]1O. The number of carbonyl (C=O) groups is 4. The molecule has 8 aliphatic rings. The normalized spacial score (nSPS) is 44.4. The molecule has 672 valence electrons. The average Bonchev–Trinajstić information content (AvgIpc) is 0.769. The Kier molecular flexibility index (Phi) is 35.3. The Hall–Kier alpha value is -4.77. The van der Waals surface area contributed by atoms with Gasteiger partial charge < -0.3 is 225 Å². The molecular formula is C67H110N6O44. The summed E-state index contributed by atoms with van der Waals surface area (Å²) in [6, 6.07) is -2.55. The van der Waals surface area contributed by atoms with Gasteiger partial charge in [0.25, 0.3) is 0 Å². The maximum atomic E-state index is 13.3. The van der Waals surface area contributed by atoms with Crippen LogP contribution >= 0.6 is 0 Å². The number of amides is 4. The predicted molar refractivity (Wildman–Crippen MR) is 370 cm³/mol. The molecule has 1 aromatic heterocycles. The van der Waals surface area contributed by atoms with Gasteiger partial charge in [0.2, 0.25) is 23.6 Å². The number of hydrogen-bond donors (Lipinski definition) is 29. The van der Waals surface area contributed by atoms with Gasteiger partial charge in [-0.05, 0) is 19.1 Å². The van der Waals surface area contributed by atoms with Crippen molar-refractivity contribution in [2.24, 2.45) is 0 Å². The van der Waals surface area contributed by atoms with Crippen LogP contribution in [0.3, 0.4) is 0 Å². The Morgan fingerprint density at radius 1 is 0.393 bits per heavy atom. The van der Waals surface area contributed by atoms with E-state index < -0.39 is 353 Å². The lowest BCUT2D eigenvalue weighted by Gasteiger charge is -2.51. The second kappa shape index (κ2) is 43.0. The van der Waals surface area contributed by atoms with Crippen molar-refractivity contribution < 1.29 is 218 Å². The third-order valence-corrected chi connectivity index (χ3v) is 20.9. The Balaban J connectivity index is 1.07. The van der Waals surface area contributed by atoms with Crippen LogP contribution in [-0.4, -0.2) is 480 Å².